The van der Waals surface area contributed by atoms with E-state index in [1.165, 1.54) is 0 Å². The second-order valence-electron chi connectivity index (χ2n) is 3.12. The average molecular weight is 192 g/mol. The van der Waals surface area contributed by atoms with Gasteiger partial charge in [0.1, 0.15) is 11.5 Å². The van der Waals surface area contributed by atoms with Crippen LogP contribution in [0, 0.1) is 13.8 Å². The van der Waals surface area contributed by atoms with Gasteiger partial charge in [-0.3, -0.25) is 0 Å². The molecule has 0 radical (unpaired) electrons. The molecule has 2 N–H and O–H groups in total. The average Bonchev–Trinajstić information content (AvgIpc) is 2.71. The highest BCUT2D eigenvalue weighted by molar-refractivity contribution is 5.55. The summed E-state index contributed by atoms with van der Waals surface area (Å²) in [6, 6.07) is 1.83. The molecular weight excluding hydrogens is 180 g/mol. The van der Waals surface area contributed by atoms with Gasteiger partial charge in [0.25, 0.3) is 0 Å². The lowest BCUT2D eigenvalue weighted by Crippen LogP contribution is -1.95. The quantitative estimate of drug-likeness (QED) is 0.790. The number of furan rings is 1. The van der Waals surface area contributed by atoms with Crippen molar-refractivity contribution in [2.45, 2.75) is 20.4 Å². The molecule has 0 aliphatic heterocycles. The summed E-state index contributed by atoms with van der Waals surface area (Å²) in [6.07, 6.45) is 1.62. The largest absolute Gasteiger partial charge is 0.469 e. The Morgan fingerprint density at radius 3 is 2.71 bits per heavy atom. The number of oxazole rings is 1. The number of nitrogens with zero attached hydrogens (tertiary/aromatic N) is 1. The normalized spacial score (nSPS) is 10.8. The molecule has 0 aliphatic carbocycles. The zero-order valence-electron chi connectivity index (χ0n) is 8.20. The van der Waals surface area contributed by atoms with E-state index in [1.54, 1.807) is 6.26 Å². The number of rotatable bonds is 2. The van der Waals surface area contributed by atoms with Crippen LogP contribution in [0.1, 0.15) is 17.2 Å². The smallest absolute Gasteiger partial charge is 0.230 e. The second kappa shape index (κ2) is 3.31. The molecule has 2 aromatic heterocycles. The van der Waals surface area contributed by atoms with Gasteiger partial charge in [-0.25, -0.2) is 4.98 Å². The van der Waals surface area contributed by atoms with Crippen molar-refractivity contribution < 1.29 is 8.83 Å². The molecule has 0 unspecified atom stereocenters. The molecule has 0 aromatic carbocycles. The van der Waals surface area contributed by atoms with Crippen molar-refractivity contribution in [1.29, 1.82) is 0 Å². The molecule has 0 atom stereocenters. The molecule has 14 heavy (non-hydrogen) atoms. The van der Waals surface area contributed by atoms with Gasteiger partial charge in [-0.1, -0.05) is 0 Å². The van der Waals surface area contributed by atoms with E-state index in [1.807, 2.05) is 19.9 Å². The zero-order valence-corrected chi connectivity index (χ0v) is 8.20. The maximum absolute atomic E-state index is 5.50. The fourth-order valence-corrected chi connectivity index (χ4v) is 1.34. The molecule has 0 spiro atoms. The maximum atomic E-state index is 5.50. The summed E-state index contributed by atoms with van der Waals surface area (Å²) in [4.78, 5) is 4.28. The van der Waals surface area contributed by atoms with Crippen LogP contribution in [0.2, 0.25) is 0 Å². The minimum atomic E-state index is 0.371. The summed E-state index contributed by atoms with van der Waals surface area (Å²) in [5.74, 6) is 2.10. The lowest BCUT2D eigenvalue weighted by molar-refractivity contribution is 0.510. The van der Waals surface area contributed by atoms with Gasteiger partial charge in [0, 0.05) is 0 Å². The van der Waals surface area contributed by atoms with Crippen LogP contribution in [0.15, 0.2) is 21.2 Å². The van der Waals surface area contributed by atoms with Gasteiger partial charge in [0.2, 0.25) is 5.89 Å². The van der Waals surface area contributed by atoms with Crippen molar-refractivity contribution in [2.75, 3.05) is 0 Å². The van der Waals surface area contributed by atoms with Crippen molar-refractivity contribution in [1.82, 2.24) is 4.98 Å². The van der Waals surface area contributed by atoms with E-state index in [4.69, 9.17) is 14.6 Å². The number of nitrogens with two attached hydrogens (primary N) is 1. The van der Waals surface area contributed by atoms with Gasteiger partial charge in [0.15, 0.2) is 0 Å². The van der Waals surface area contributed by atoms with Crippen molar-refractivity contribution in [3.05, 3.63) is 29.5 Å². The molecule has 0 aliphatic rings. The van der Waals surface area contributed by atoms with E-state index in [0.29, 0.717) is 12.4 Å². The molecule has 0 fully saturated rings. The highest BCUT2D eigenvalue weighted by atomic mass is 16.4. The van der Waals surface area contributed by atoms with Gasteiger partial charge < -0.3 is 14.6 Å². The monoisotopic (exact) mass is 192 g/mol. The van der Waals surface area contributed by atoms with Crippen molar-refractivity contribution >= 4 is 0 Å². The fourth-order valence-electron chi connectivity index (χ4n) is 1.34. The van der Waals surface area contributed by atoms with E-state index in [2.05, 4.69) is 4.98 Å². The van der Waals surface area contributed by atoms with E-state index in [-0.39, 0.29) is 0 Å². The molecular formula is C10H12N2O2. The fraction of sp³-hybridized carbons (Fsp3) is 0.300. The Morgan fingerprint density at radius 2 is 2.21 bits per heavy atom. The molecule has 2 rings (SSSR count). The van der Waals surface area contributed by atoms with E-state index < -0.39 is 0 Å². The van der Waals surface area contributed by atoms with Crippen LogP contribution in [-0.4, -0.2) is 4.98 Å². The van der Waals surface area contributed by atoms with Crippen LogP contribution < -0.4 is 5.73 Å². The molecule has 2 aromatic rings. The number of aryl methyl sites for hydroxylation is 2. The summed E-state index contributed by atoms with van der Waals surface area (Å²) in [5, 5.41) is 0. The second-order valence-corrected chi connectivity index (χ2v) is 3.12. The van der Waals surface area contributed by atoms with E-state index in [0.717, 1.165) is 22.8 Å². The number of hydrogen-bond donors (Lipinski definition) is 1. The molecule has 0 saturated heterocycles. The SMILES string of the molecule is Cc1nc(-c2ccoc2C)oc1CN. The first-order chi connectivity index (χ1) is 6.72. The highest BCUT2D eigenvalue weighted by Gasteiger charge is 2.13. The lowest BCUT2D eigenvalue weighted by atomic mass is 10.3. The van der Waals surface area contributed by atoms with Crippen LogP contribution in [0.4, 0.5) is 0 Å². The highest BCUT2D eigenvalue weighted by Crippen LogP contribution is 2.25. The summed E-state index contributed by atoms with van der Waals surface area (Å²) >= 11 is 0. The van der Waals surface area contributed by atoms with Gasteiger partial charge in [0.05, 0.1) is 24.1 Å². The lowest BCUT2D eigenvalue weighted by Gasteiger charge is -1.90. The van der Waals surface area contributed by atoms with Gasteiger partial charge in [-0.15, -0.1) is 0 Å². The Hall–Kier alpha value is -1.55. The minimum absolute atomic E-state index is 0.371. The molecule has 0 bridgehead atoms. The van der Waals surface area contributed by atoms with E-state index >= 15 is 0 Å². The van der Waals surface area contributed by atoms with Crippen LogP contribution in [0.3, 0.4) is 0 Å². The maximum Gasteiger partial charge on any atom is 0.230 e. The Kier molecular flexibility index (Phi) is 2.13. The number of hydrogen-bond acceptors (Lipinski definition) is 4. The zero-order chi connectivity index (χ0) is 10.1. The number of aromatic nitrogens is 1. The van der Waals surface area contributed by atoms with Crippen molar-refractivity contribution in [2.24, 2.45) is 5.73 Å². The molecule has 0 saturated carbocycles. The summed E-state index contributed by atoms with van der Waals surface area (Å²) in [6.45, 7) is 4.12. The molecule has 0 amide bonds. The van der Waals surface area contributed by atoms with Crippen LogP contribution >= 0.6 is 0 Å². The van der Waals surface area contributed by atoms with Crippen LogP contribution in [-0.2, 0) is 6.54 Å². The first-order valence-electron chi connectivity index (χ1n) is 4.43. The Bertz CT molecular complexity index is 443. The Morgan fingerprint density at radius 1 is 1.43 bits per heavy atom. The third kappa shape index (κ3) is 1.33. The minimum Gasteiger partial charge on any atom is -0.469 e. The Labute approximate surface area is 81.7 Å². The predicted octanol–water partition coefficient (Wildman–Crippen LogP) is 2.01. The molecule has 74 valence electrons. The van der Waals surface area contributed by atoms with Crippen molar-refractivity contribution in [3.8, 4) is 11.5 Å². The van der Waals surface area contributed by atoms with Gasteiger partial charge in [-0.05, 0) is 19.9 Å². The summed E-state index contributed by atoms with van der Waals surface area (Å²) in [7, 11) is 0. The topological polar surface area (TPSA) is 65.2 Å². The van der Waals surface area contributed by atoms with Crippen LogP contribution in [0.25, 0.3) is 11.5 Å². The Balaban J connectivity index is 2.47. The first kappa shape index (κ1) is 9.02. The standard InChI is InChI=1S/C10H12N2O2/c1-6-9(5-11)14-10(12-6)8-3-4-13-7(8)2/h3-4H,5,11H2,1-2H3. The summed E-state index contributed by atoms with van der Waals surface area (Å²) in [5.41, 5.74) is 7.22. The van der Waals surface area contributed by atoms with Crippen LogP contribution in [0.5, 0.6) is 0 Å². The van der Waals surface area contributed by atoms with Gasteiger partial charge >= 0.3 is 0 Å². The summed E-state index contributed by atoms with van der Waals surface area (Å²) < 4.78 is 10.7. The van der Waals surface area contributed by atoms with Gasteiger partial charge in [-0.2, -0.15) is 0 Å². The predicted molar refractivity (Wildman–Crippen MR) is 51.6 cm³/mol. The van der Waals surface area contributed by atoms with E-state index in [9.17, 15) is 0 Å². The van der Waals surface area contributed by atoms with Crippen molar-refractivity contribution in [3.63, 3.8) is 0 Å². The molecule has 4 nitrogen and oxygen atoms in total. The third-order valence-electron chi connectivity index (χ3n) is 2.17. The third-order valence-corrected chi connectivity index (χ3v) is 2.17. The molecule has 4 heteroatoms. The first-order valence-corrected chi connectivity index (χ1v) is 4.43. The molecule has 2 heterocycles.